The van der Waals surface area contributed by atoms with Crippen LogP contribution in [-0.4, -0.2) is 39.1 Å². The molecular weight excluding hydrogens is 322 g/mol. The van der Waals surface area contributed by atoms with Gasteiger partial charge in [0, 0.05) is 44.4 Å². The summed E-state index contributed by atoms with van der Waals surface area (Å²) in [7, 11) is 1.63. The molecule has 0 bridgehead atoms. The van der Waals surface area contributed by atoms with Crippen molar-refractivity contribution in [2.75, 3.05) is 48.9 Å². The summed E-state index contributed by atoms with van der Waals surface area (Å²) in [6.07, 6.45) is 1.73. The SMILES string of the molecule is CNc1c(Nc2ccc(N3CCC4(CC3)OCCO4)cc2)c(=O)c1=O. The Morgan fingerprint density at radius 2 is 1.56 bits per heavy atom. The van der Waals surface area contributed by atoms with Gasteiger partial charge in [0.05, 0.1) is 13.2 Å². The number of piperidine rings is 1. The lowest BCUT2D eigenvalue weighted by Crippen LogP contribution is -2.45. The Labute approximate surface area is 145 Å². The van der Waals surface area contributed by atoms with E-state index in [4.69, 9.17) is 9.47 Å². The third-order valence-corrected chi connectivity index (χ3v) is 5.00. The lowest BCUT2D eigenvalue weighted by Gasteiger charge is -2.38. The molecule has 2 fully saturated rings. The van der Waals surface area contributed by atoms with Crippen molar-refractivity contribution >= 4 is 22.7 Å². The van der Waals surface area contributed by atoms with Crippen LogP contribution in [0.3, 0.4) is 0 Å². The van der Waals surface area contributed by atoms with Crippen LogP contribution >= 0.6 is 0 Å². The number of hydrogen-bond acceptors (Lipinski definition) is 7. The number of anilines is 4. The average molecular weight is 343 g/mol. The molecule has 0 unspecified atom stereocenters. The van der Waals surface area contributed by atoms with Gasteiger partial charge < -0.3 is 25.0 Å². The first-order valence-corrected chi connectivity index (χ1v) is 8.53. The van der Waals surface area contributed by atoms with Crippen LogP contribution < -0.4 is 26.4 Å². The van der Waals surface area contributed by atoms with Crippen LogP contribution in [0.5, 0.6) is 0 Å². The highest BCUT2D eigenvalue weighted by molar-refractivity contribution is 5.78. The summed E-state index contributed by atoms with van der Waals surface area (Å²) in [5.74, 6) is -0.370. The number of nitrogens with zero attached hydrogens (tertiary/aromatic N) is 1. The van der Waals surface area contributed by atoms with Crippen LogP contribution in [0.1, 0.15) is 12.8 Å². The molecule has 0 amide bonds. The van der Waals surface area contributed by atoms with Crippen molar-refractivity contribution in [3.63, 3.8) is 0 Å². The van der Waals surface area contributed by atoms with E-state index in [-0.39, 0.29) is 5.79 Å². The lowest BCUT2D eigenvalue weighted by molar-refractivity contribution is -0.169. The molecule has 2 N–H and O–H groups in total. The van der Waals surface area contributed by atoms with Crippen molar-refractivity contribution in [1.29, 1.82) is 0 Å². The molecule has 2 aliphatic heterocycles. The zero-order chi connectivity index (χ0) is 17.4. The van der Waals surface area contributed by atoms with Crippen molar-refractivity contribution in [3.05, 3.63) is 44.7 Å². The van der Waals surface area contributed by atoms with E-state index < -0.39 is 10.9 Å². The van der Waals surface area contributed by atoms with Crippen LogP contribution in [0.2, 0.25) is 0 Å². The van der Waals surface area contributed by atoms with Crippen LogP contribution in [-0.2, 0) is 9.47 Å². The standard InChI is InChI=1S/C18H21N3O4/c1-19-14-15(17(23)16(14)22)20-12-2-4-13(5-3-12)21-8-6-18(7-9-21)24-10-11-25-18/h2-5,19-20H,6-11H2,1H3. The number of ether oxygens (including phenoxy) is 2. The fourth-order valence-corrected chi connectivity index (χ4v) is 3.54. The minimum atomic E-state index is -0.480. The van der Waals surface area contributed by atoms with Crippen molar-refractivity contribution in [3.8, 4) is 0 Å². The molecule has 1 spiro atoms. The van der Waals surface area contributed by atoms with Gasteiger partial charge in [-0.15, -0.1) is 0 Å². The van der Waals surface area contributed by atoms with E-state index in [0.29, 0.717) is 24.6 Å². The molecule has 4 rings (SSSR count). The molecule has 25 heavy (non-hydrogen) atoms. The fraction of sp³-hybridized carbons (Fsp3) is 0.444. The Kier molecular flexibility index (Phi) is 3.97. The van der Waals surface area contributed by atoms with Crippen molar-refractivity contribution in [2.45, 2.75) is 18.6 Å². The normalized spacial score (nSPS) is 19.5. The third kappa shape index (κ3) is 2.79. The topological polar surface area (TPSA) is 79.9 Å². The van der Waals surface area contributed by atoms with E-state index in [1.165, 1.54) is 0 Å². The summed E-state index contributed by atoms with van der Waals surface area (Å²) in [6.45, 7) is 3.14. The Hall–Kier alpha value is -2.38. The predicted molar refractivity (Wildman–Crippen MR) is 96.7 cm³/mol. The van der Waals surface area contributed by atoms with E-state index in [1.54, 1.807) is 7.05 Å². The smallest absolute Gasteiger partial charge is 0.253 e. The molecule has 0 aliphatic carbocycles. The summed E-state index contributed by atoms with van der Waals surface area (Å²) in [5, 5.41) is 5.77. The third-order valence-electron chi connectivity index (χ3n) is 5.00. The minimum Gasteiger partial charge on any atom is -0.383 e. The van der Waals surface area contributed by atoms with Crippen molar-refractivity contribution in [2.24, 2.45) is 0 Å². The lowest BCUT2D eigenvalue weighted by atomic mass is 10.0. The van der Waals surface area contributed by atoms with Gasteiger partial charge in [-0.25, -0.2) is 0 Å². The monoisotopic (exact) mass is 343 g/mol. The van der Waals surface area contributed by atoms with Gasteiger partial charge in [-0.1, -0.05) is 0 Å². The van der Waals surface area contributed by atoms with Crippen LogP contribution in [0, 0.1) is 0 Å². The van der Waals surface area contributed by atoms with Gasteiger partial charge >= 0.3 is 0 Å². The van der Waals surface area contributed by atoms with E-state index in [0.717, 1.165) is 37.3 Å². The second-order valence-corrected chi connectivity index (χ2v) is 6.42. The van der Waals surface area contributed by atoms with Crippen LogP contribution in [0.25, 0.3) is 0 Å². The molecule has 0 atom stereocenters. The molecule has 0 saturated carbocycles. The first kappa shape index (κ1) is 16.1. The molecule has 2 aliphatic rings. The molecule has 2 heterocycles. The molecule has 7 nitrogen and oxygen atoms in total. The molecule has 2 aromatic carbocycles. The van der Waals surface area contributed by atoms with Crippen molar-refractivity contribution in [1.82, 2.24) is 0 Å². The summed E-state index contributed by atoms with van der Waals surface area (Å²) >= 11 is 0. The van der Waals surface area contributed by atoms with Gasteiger partial charge in [0.15, 0.2) is 5.79 Å². The summed E-state index contributed by atoms with van der Waals surface area (Å²) in [6, 6.07) is 7.86. The zero-order valence-electron chi connectivity index (χ0n) is 14.1. The predicted octanol–water partition coefficient (Wildman–Crippen LogP) is 1.41. The van der Waals surface area contributed by atoms with Gasteiger partial charge in [0.1, 0.15) is 11.4 Å². The molecule has 7 heteroatoms. The zero-order valence-corrected chi connectivity index (χ0v) is 14.1. The molecule has 0 aromatic heterocycles. The molecular formula is C18H21N3O4. The maximum absolute atomic E-state index is 11.6. The van der Waals surface area contributed by atoms with Gasteiger partial charge in [0.2, 0.25) is 0 Å². The minimum absolute atomic E-state index is 0.329. The largest absolute Gasteiger partial charge is 0.383 e. The molecule has 2 saturated heterocycles. The van der Waals surface area contributed by atoms with E-state index in [2.05, 4.69) is 15.5 Å². The van der Waals surface area contributed by atoms with Gasteiger partial charge in [-0.05, 0) is 24.3 Å². The van der Waals surface area contributed by atoms with Gasteiger partial charge in [0.25, 0.3) is 10.9 Å². The van der Waals surface area contributed by atoms with Gasteiger partial charge in [-0.2, -0.15) is 0 Å². The second kappa shape index (κ2) is 6.16. The number of hydrogen-bond donors (Lipinski definition) is 2. The average Bonchev–Trinajstić information content (AvgIpc) is 3.10. The molecule has 0 radical (unpaired) electrons. The maximum atomic E-state index is 11.6. The molecule has 2 aromatic rings. The van der Waals surface area contributed by atoms with E-state index in [1.807, 2.05) is 24.3 Å². The van der Waals surface area contributed by atoms with Gasteiger partial charge in [-0.3, -0.25) is 9.59 Å². The van der Waals surface area contributed by atoms with Crippen molar-refractivity contribution < 1.29 is 9.47 Å². The highest BCUT2D eigenvalue weighted by atomic mass is 16.7. The Morgan fingerprint density at radius 3 is 2.16 bits per heavy atom. The Balaban J connectivity index is 1.41. The van der Waals surface area contributed by atoms with E-state index in [9.17, 15) is 9.59 Å². The first-order valence-electron chi connectivity index (χ1n) is 8.53. The summed E-state index contributed by atoms with van der Waals surface area (Å²) in [4.78, 5) is 25.4. The highest BCUT2D eigenvalue weighted by Crippen LogP contribution is 2.33. The number of nitrogens with one attached hydrogen (secondary N) is 2. The first-order chi connectivity index (χ1) is 12.1. The maximum Gasteiger partial charge on any atom is 0.253 e. The quantitative estimate of drug-likeness (QED) is 0.813. The van der Waals surface area contributed by atoms with Crippen LogP contribution in [0.4, 0.5) is 22.7 Å². The highest BCUT2D eigenvalue weighted by Gasteiger charge is 2.39. The van der Waals surface area contributed by atoms with Crippen LogP contribution in [0.15, 0.2) is 33.9 Å². The Bertz CT molecular complexity index is 823. The fourth-order valence-electron chi connectivity index (χ4n) is 3.54. The number of benzene rings is 1. The second-order valence-electron chi connectivity index (χ2n) is 6.42. The Morgan fingerprint density at radius 1 is 0.960 bits per heavy atom. The number of rotatable bonds is 4. The summed E-state index contributed by atoms with van der Waals surface area (Å²) < 4.78 is 11.5. The molecule has 132 valence electrons. The summed E-state index contributed by atoms with van der Waals surface area (Å²) in [5.41, 5.74) is 1.62. The van der Waals surface area contributed by atoms with E-state index >= 15 is 0 Å².